The second-order valence-electron chi connectivity index (χ2n) is 20.7. The minimum absolute atomic E-state index is 0.0773. The molecule has 27 heteroatoms. The Labute approximate surface area is 502 Å². The molecule has 21 nitrogen and oxygen atoms in total. The quantitative estimate of drug-likeness (QED) is 0.0796. The van der Waals surface area contributed by atoms with Crippen LogP contribution in [0.2, 0.25) is 0 Å². The predicted octanol–water partition coefficient (Wildman–Crippen LogP) is 11.0. The highest BCUT2D eigenvalue weighted by Crippen LogP contribution is 2.43. The van der Waals surface area contributed by atoms with Crippen molar-refractivity contribution in [2.75, 3.05) is 26.0 Å². The summed E-state index contributed by atoms with van der Waals surface area (Å²) in [6.07, 6.45) is -1.19. The lowest BCUT2D eigenvalue weighted by molar-refractivity contribution is -0.149. The van der Waals surface area contributed by atoms with Crippen LogP contribution in [0.25, 0.3) is 43.4 Å². The maximum Gasteiger partial charge on any atom is 0.413 e. The van der Waals surface area contributed by atoms with Gasteiger partial charge in [-0.3, -0.25) is 29.3 Å². The Morgan fingerprint density at radius 1 is 0.759 bits per heavy atom. The normalized spacial score (nSPS) is 17.4. The topological polar surface area (TPSA) is 280 Å². The van der Waals surface area contributed by atoms with E-state index in [1.807, 2.05) is 24.4 Å². The van der Waals surface area contributed by atoms with Gasteiger partial charge in [0.25, 0.3) is 11.8 Å². The number of pyridine rings is 1. The van der Waals surface area contributed by atoms with Crippen LogP contribution >= 0.6 is 68.0 Å². The third-order valence-electron chi connectivity index (χ3n) is 12.9. The molecule has 8 heterocycles. The molecule has 8 aromatic rings. The zero-order valence-electron chi connectivity index (χ0n) is 46.9. The van der Waals surface area contributed by atoms with Gasteiger partial charge in [0, 0.05) is 64.9 Å². The lowest BCUT2D eigenvalue weighted by Crippen LogP contribution is -2.41. The van der Waals surface area contributed by atoms with Gasteiger partial charge in [-0.05, 0) is 57.7 Å². The Bertz CT molecular complexity index is 3670. The largest absolute Gasteiger partial charge is 0.455 e. The number of anilines is 1. The standard InChI is InChI=1S/C56H60N12O9S6/c1-26(2)32-18-27(3)42-28(4)82-53(67-42)34(19-40(70)57-9)60-47(72)36-23-78-49(62-36)31-16-17-33(51-64-39(25-81-51)65-55(74)77-56(6,7)8)59-43(31)35-22-79-52(61-35)37-24-80-54(63-37)45(46(76-29(5)69)30-14-12-11-13-15-30)66-41(71)20-58-48(73)44-38(21-75-10)83-50(32)68-44/h11-17,22-27,32,34,45-46H,18-21H2,1-10H3,(H,57,70)(H,58,73)(H,60,72)(H,65,74)(H,66,71)/t27?,32-,34-,45-,46-/m0/s1. The number of nitrogens with zero attached hydrogens (tertiary/aromatic N) is 7. The molecule has 0 fully saturated rings. The molecule has 0 aliphatic carbocycles. The second kappa shape index (κ2) is 26.1. The molecule has 1 aliphatic rings. The molecule has 0 saturated carbocycles. The monoisotopic (exact) mass is 1240 g/mol. The maximum absolute atomic E-state index is 14.4. The first kappa shape index (κ1) is 60.3. The summed E-state index contributed by atoms with van der Waals surface area (Å²) in [5.41, 5.74) is 3.18. The lowest BCUT2D eigenvalue weighted by atomic mass is 9.86. The molecule has 5 atom stereocenters. The number of carbonyl (C=O) groups is 6. The van der Waals surface area contributed by atoms with E-state index in [1.54, 1.807) is 67.2 Å². The van der Waals surface area contributed by atoms with Gasteiger partial charge in [0.05, 0.1) is 46.9 Å². The highest BCUT2D eigenvalue weighted by molar-refractivity contribution is 7.15. The van der Waals surface area contributed by atoms with Crippen molar-refractivity contribution in [3.05, 3.63) is 111 Å². The van der Waals surface area contributed by atoms with E-state index in [4.69, 9.17) is 44.1 Å². The zero-order chi connectivity index (χ0) is 59.3. The van der Waals surface area contributed by atoms with Crippen molar-refractivity contribution in [3.8, 4) is 43.4 Å². The molecule has 5 N–H and O–H groups in total. The van der Waals surface area contributed by atoms with Gasteiger partial charge in [0.15, 0.2) is 6.10 Å². The van der Waals surface area contributed by atoms with Crippen LogP contribution in [0.4, 0.5) is 10.6 Å². The average Bonchev–Trinajstić information content (AvgIpc) is 4.07. The fraction of sp³-hybridized carbons (Fsp3) is 0.375. The summed E-state index contributed by atoms with van der Waals surface area (Å²) >= 11 is 7.77. The van der Waals surface area contributed by atoms with E-state index in [2.05, 4.69) is 52.3 Å². The number of hydrogen-bond donors (Lipinski definition) is 5. The second-order valence-corrected chi connectivity index (χ2v) is 26.5. The fourth-order valence-electron chi connectivity index (χ4n) is 9.06. The summed E-state index contributed by atoms with van der Waals surface area (Å²) < 4.78 is 17.0. The van der Waals surface area contributed by atoms with Gasteiger partial charge in [-0.25, -0.2) is 39.7 Å². The van der Waals surface area contributed by atoms with E-state index in [0.717, 1.165) is 15.6 Å². The summed E-state index contributed by atoms with van der Waals surface area (Å²) in [4.78, 5) is 118. The van der Waals surface area contributed by atoms with E-state index >= 15 is 0 Å². The number of esters is 1. The first-order valence-corrected chi connectivity index (χ1v) is 31.4. The number of fused-ring (bicyclic) bond motifs is 14. The van der Waals surface area contributed by atoms with Crippen molar-refractivity contribution in [2.45, 2.75) is 110 Å². The summed E-state index contributed by atoms with van der Waals surface area (Å²) in [6.45, 7) is 14.5. The fourth-order valence-corrected chi connectivity index (χ4v) is 14.7. The molecule has 5 amide bonds. The molecule has 83 heavy (non-hydrogen) atoms. The maximum atomic E-state index is 14.4. The predicted molar refractivity (Wildman–Crippen MR) is 322 cm³/mol. The zero-order valence-corrected chi connectivity index (χ0v) is 51.8. The van der Waals surface area contributed by atoms with Crippen LogP contribution in [0, 0.1) is 12.8 Å². The van der Waals surface area contributed by atoms with Crippen molar-refractivity contribution < 1.29 is 43.0 Å². The third kappa shape index (κ3) is 14.6. The molecule has 0 radical (unpaired) electrons. The molecule has 10 bridgehead atoms. The number of hydrogen-bond acceptors (Lipinski definition) is 22. The van der Waals surface area contributed by atoms with E-state index in [1.165, 1.54) is 89.1 Å². The van der Waals surface area contributed by atoms with Crippen LogP contribution < -0.4 is 26.6 Å². The highest BCUT2D eigenvalue weighted by atomic mass is 32.1. The average molecular weight is 1240 g/mol. The molecule has 1 aliphatic heterocycles. The number of methoxy groups -OCH3 is 1. The van der Waals surface area contributed by atoms with Gasteiger partial charge in [-0.1, -0.05) is 51.1 Å². The smallest absolute Gasteiger partial charge is 0.413 e. The summed E-state index contributed by atoms with van der Waals surface area (Å²) in [5, 5.41) is 24.2. The number of rotatable bonds is 10. The number of ether oxygens (including phenoxy) is 3. The van der Waals surface area contributed by atoms with Gasteiger partial charge in [-0.15, -0.1) is 68.0 Å². The van der Waals surface area contributed by atoms with E-state index in [0.29, 0.717) is 70.2 Å². The Kier molecular flexibility index (Phi) is 19.0. The minimum atomic E-state index is -1.04. The van der Waals surface area contributed by atoms with Gasteiger partial charge in [0.1, 0.15) is 71.0 Å². The first-order valence-electron chi connectivity index (χ1n) is 26.3. The van der Waals surface area contributed by atoms with Crippen molar-refractivity contribution in [1.82, 2.24) is 56.2 Å². The number of benzene rings is 1. The molecule has 0 spiro atoms. The third-order valence-corrected chi connectivity index (χ3v) is 18.7. The van der Waals surface area contributed by atoms with E-state index in [-0.39, 0.29) is 53.9 Å². The number of nitrogens with one attached hydrogen (secondary N) is 5. The van der Waals surface area contributed by atoms with Crippen LogP contribution in [-0.2, 0) is 35.2 Å². The highest BCUT2D eigenvalue weighted by Gasteiger charge is 2.35. The van der Waals surface area contributed by atoms with Gasteiger partial charge in [0.2, 0.25) is 11.8 Å². The summed E-state index contributed by atoms with van der Waals surface area (Å²) in [7, 11) is 3.07. The van der Waals surface area contributed by atoms with Crippen LogP contribution in [0.15, 0.2) is 64.0 Å². The molecule has 1 unspecified atom stereocenters. The summed E-state index contributed by atoms with van der Waals surface area (Å²) in [6, 6.07) is 10.7. The van der Waals surface area contributed by atoms with Crippen LogP contribution in [0.1, 0.15) is 148 Å². The van der Waals surface area contributed by atoms with Crippen molar-refractivity contribution >= 4 is 110 Å². The van der Waals surface area contributed by atoms with Gasteiger partial charge >= 0.3 is 12.1 Å². The van der Waals surface area contributed by atoms with Crippen molar-refractivity contribution in [3.63, 3.8) is 0 Å². The number of carbonyl (C=O) groups excluding carboxylic acids is 6. The van der Waals surface area contributed by atoms with Crippen LogP contribution in [0.5, 0.6) is 0 Å². The number of amides is 5. The molecular weight excluding hydrogens is 1180 g/mol. The number of aromatic nitrogens is 7. The van der Waals surface area contributed by atoms with Gasteiger partial charge < -0.3 is 35.5 Å². The molecule has 7 aromatic heterocycles. The van der Waals surface area contributed by atoms with E-state index < -0.39 is 60.1 Å². The molecule has 434 valence electrons. The summed E-state index contributed by atoms with van der Waals surface area (Å²) in [5.74, 6) is -2.48. The number of aryl methyl sites for hydroxylation is 1. The minimum Gasteiger partial charge on any atom is -0.455 e. The van der Waals surface area contributed by atoms with E-state index in [9.17, 15) is 28.8 Å². The van der Waals surface area contributed by atoms with Gasteiger partial charge in [-0.2, -0.15) is 0 Å². The number of thiazole rings is 6. The Balaban J connectivity index is 1.15. The lowest BCUT2D eigenvalue weighted by Gasteiger charge is -2.26. The molecule has 9 rings (SSSR count). The van der Waals surface area contributed by atoms with Crippen LogP contribution in [0.3, 0.4) is 0 Å². The first-order chi connectivity index (χ1) is 39.6. The SMILES string of the molecule is CNC(=O)C[C@@H]1NC(=O)c2csc(n2)-c2ccc(-c3nc(NC(=O)OC(C)(C)C)cs3)nc2-c2csc(n2)-c2csc(n2)[C@H]([C@@H](OC(C)=O)c2ccccc2)NC(=O)CNC(=O)c2nc(sc2COC)[C@H](C(C)C)CC(C)c2nc1sc2C. The van der Waals surface area contributed by atoms with Crippen LogP contribution in [-0.4, -0.2) is 96.9 Å². The molecule has 1 aromatic carbocycles. The van der Waals surface area contributed by atoms with Crippen molar-refractivity contribution in [2.24, 2.45) is 5.92 Å². The Hall–Kier alpha value is -7.27. The molecular formula is C56H60N12O9S6. The Morgan fingerprint density at radius 2 is 1.47 bits per heavy atom. The Morgan fingerprint density at radius 3 is 2.19 bits per heavy atom. The molecule has 0 saturated heterocycles. The van der Waals surface area contributed by atoms with Crippen molar-refractivity contribution in [1.29, 1.82) is 0 Å².